The summed E-state index contributed by atoms with van der Waals surface area (Å²) >= 11 is 6.17. The second-order valence-electron chi connectivity index (χ2n) is 3.18. The van der Waals surface area contributed by atoms with Gasteiger partial charge in [-0.15, -0.1) is 0 Å². The van der Waals surface area contributed by atoms with Gasteiger partial charge < -0.3 is 0 Å². The molecule has 0 amide bonds. The lowest BCUT2D eigenvalue weighted by molar-refractivity contribution is 1.62. The zero-order chi connectivity index (χ0) is 10.5. The van der Waals surface area contributed by atoms with Crippen LogP contribution in [0, 0.1) is 6.07 Å². The van der Waals surface area contributed by atoms with Gasteiger partial charge in [0, 0.05) is 10.6 Å². The third-order valence-electron chi connectivity index (χ3n) is 2.06. The molecule has 0 aromatic heterocycles. The van der Waals surface area contributed by atoms with Crippen LogP contribution in [0.4, 0.5) is 0 Å². The Morgan fingerprint density at radius 1 is 1.00 bits per heavy atom. The summed E-state index contributed by atoms with van der Waals surface area (Å²) in [5, 5.41) is 0.710. The van der Waals surface area contributed by atoms with Crippen molar-refractivity contribution in [2.45, 2.75) is 0 Å². The molecule has 15 heavy (non-hydrogen) atoms. The second kappa shape index (κ2) is 4.81. The predicted molar refractivity (Wildman–Crippen MR) is 65.4 cm³/mol. The maximum atomic E-state index is 6.17. The van der Waals surface area contributed by atoms with Crippen molar-refractivity contribution in [2.75, 3.05) is 0 Å². The summed E-state index contributed by atoms with van der Waals surface area (Å²) < 4.78 is 0. The summed E-state index contributed by atoms with van der Waals surface area (Å²) in [6.07, 6.45) is 1.94. The fraction of sp³-hybridized carbons (Fsp3) is 0. The minimum Gasteiger partial charge on any atom is -0.0836 e. The Morgan fingerprint density at radius 2 is 1.73 bits per heavy atom. The van der Waals surface area contributed by atoms with E-state index in [-0.39, 0.29) is 0 Å². The van der Waals surface area contributed by atoms with E-state index in [1.54, 1.807) is 0 Å². The molecule has 0 aliphatic heterocycles. The maximum absolute atomic E-state index is 6.17. The fourth-order valence-electron chi connectivity index (χ4n) is 1.32. The summed E-state index contributed by atoms with van der Waals surface area (Å²) in [6.45, 7) is 0. The molecule has 0 heterocycles. The molecule has 1 heteroatoms. The number of halogens is 1. The molecule has 0 nitrogen and oxygen atoms in total. The molecule has 0 saturated heterocycles. The molecule has 0 spiro atoms. The molecular weight excluding hydrogens is 204 g/mol. The van der Waals surface area contributed by atoms with Gasteiger partial charge in [0.15, 0.2) is 0 Å². The van der Waals surface area contributed by atoms with Gasteiger partial charge in [0.1, 0.15) is 0 Å². The van der Waals surface area contributed by atoms with Gasteiger partial charge in [-0.05, 0) is 17.7 Å². The normalized spacial score (nSPS) is 11.4. The second-order valence-corrected chi connectivity index (χ2v) is 3.59. The molecule has 0 saturated carbocycles. The first kappa shape index (κ1) is 10.0. The van der Waals surface area contributed by atoms with E-state index in [0.717, 1.165) is 11.1 Å². The zero-order valence-corrected chi connectivity index (χ0v) is 8.91. The average Bonchev–Trinajstić information content (AvgIpc) is 2.31. The highest BCUT2D eigenvalue weighted by Gasteiger charge is 1.96. The molecule has 0 aliphatic carbocycles. The van der Waals surface area contributed by atoms with Crippen LogP contribution in [-0.4, -0.2) is 0 Å². The van der Waals surface area contributed by atoms with Gasteiger partial charge in [-0.25, -0.2) is 0 Å². The Morgan fingerprint density at radius 3 is 2.40 bits per heavy atom. The van der Waals surface area contributed by atoms with Crippen LogP contribution in [-0.2, 0) is 0 Å². The Balaban J connectivity index is 2.29. The molecule has 0 aliphatic rings. The van der Waals surface area contributed by atoms with Crippen molar-refractivity contribution >= 4 is 22.7 Å². The van der Waals surface area contributed by atoms with Crippen LogP contribution in [0.5, 0.6) is 0 Å². The van der Waals surface area contributed by atoms with Crippen LogP contribution in [0.15, 0.2) is 54.6 Å². The minimum absolute atomic E-state index is 0.710. The molecule has 0 fully saturated rings. The minimum atomic E-state index is 0.710. The standard InChI is InChI=1S/C14H10Cl/c15-14(13-9-5-2-6-10-13)11-12-7-3-1-4-8-12/h1-9,11H. The van der Waals surface area contributed by atoms with E-state index < -0.39 is 0 Å². The van der Waals surface area contributed by atoms with E-state index >= 15 is 0 Å². The van der Waals surface area contributed by atoms with E-state index in [2.05, 4.69) is 6.07 Å². The van der Waals surface area contributed by atoms with Gasteiger partial charge >= 0.3 is 0 Å². The molecule has 2 aromatic rings. The lowest BCUT2D eigenvalue weighted by Gasteiger charge is -1.98. The lowest BCUT2D eigenvalue weighted by atomic mass is 10.1. The molecule has 0 unspecified atom stereocenters. The summed E-state index contributed by atoms with van der Waals surface area (Å²) in [6, 6.07) is 20.8. The van der Waals surface area contributed by atoms with Crippen molar-refractivity contribution < 1.29 is 0 Å². The summed E-state index contributed by atoms with van der Waals surface area (Å²) in [5.41, 5.74) is 2.02. The van der Waals surface area contributed by atoms with Gasteiger partial charge in [0.2, 0.25) is 0 Å². The Bertz CT molecular complexity index is 443. The number of rotatable bonds is 2. The topological polar surface area (TPSA) is 0 Å². The van der Waals surface area contributed by atoms with E-state index in [4.69, 9.17) is 11.6 Å². The first-order valence-electron chi connectivity index (χ1n) is 4.75. The molecule has 0 bridgehead atoms. The monoisotopic (exact) mass is 213 g/mol. The van der Waals surface area contributed by atoms with Crippen LogP contribution in [0.1, 0.15) is 11.1 Å². The molecular formula is C14H10Cl. The van der Waals surface area contributed by atoms with Crippen molar-refractivity contribution in [1.29, 1.82) is 0 Å². The van der Waals surface area contributed by atoms with Crippen LogP contribution in [0.2, 0.25) is 0 Å². The van der Waals surface area contributed by atoms with Gasteiger partial charge in [-0.2, -0.15) is 0 Å². The molecule has 0 N–H and O–H groups in total. The van der Waals surface area contributed by atoms with E-state index in [1.807, 2.05) is 60.7 Å². The van der Waals surface area contributed by atoms with E-state index in [0.29, 0.717) is 5.03 Å². The predicted octanol–water partition coefficient (Wildman–Crippen LogP) is 4.22. The van der Waals surface area contributed by atoms with Gasteiger partial charge in [-0.1, -0.05) is 66.2 Å². The first-order valence-corrected chi connectivity index (χ1v) is 5.13. The molecule has 1 radical (unpaired) electrons. The fourth-order valence-corrected chi connectivity index (χ4v) is 1.56. The Kier molecular flexibility index (Phi) is 3.21. The SMILES string of the molecule is ClC(=Cc1ccccc1)c1[c]cccc1. The highest BCUT2D eigenvalue weighted by atomic mass is 35.5. The number of hydrogen-bond acceptors (Lipinski definition) is 0. The van der Waals surface area contributed by atoms with E-state index in [1.165, 1.54) is 0 Å². The first-order chi connectivity index (χ1) is 7.36. The van der Waals surface area contributed by atoms with Gasteiger partial charge in [0.25, 0.3) is 0 Å². The molecule has 73 valence electrons. The zero-order valence-electron chi connectivity index (χ0n) is 8.15. The molecule has 2 rings (SSSR count). The largest absolute Gasteiger partial charge is 0.0836 e. The highest BCUT2D eigenvalue weighted by Crippen LogP contribution is 2.20. The number of hydrogen-bond donors (Lipinski definition) is 0. The van der Waals surface area contributed by atoms with Crippen molar-refractivity contribution in [2.24, 2.45) is 0 Å². The maximum Gasteiger partial charge on any atom is 0.0490 e. The van der Waals surface area contributed by atoms with Gasteiger partial charge in [0.05, 0.1) is 0 Å². The summed E-state index contributed by atoms with van der Waals surface area (Å²) in [5.74, 6) is 0. The third-order valence-corrected chi connectivity index (χ3v) is 2.37. The molecule has 0 atom stereocenters. The molecule has 2 aromatic carbocycles. The van der Waals surface area contributed by atoms with Crippen molar-refractivity contribution in [3.05, 3.63) is 71.8 Å². The lowest BCUT2D eigenvalue weighted by Crippen LogP contribution is -1.76. The van der Waals surface area contributed by atoms with Crippen molar-refractivity contribution in [3.8, 4) is 0 Å². The smallest absolute Gasteiger partial charge is 0.0490 e. The van der Waals surface area contributed by atoms with Crippen LogP contribution >= 0.6 is 11.6 Å². The quantitative estimate of drug-likeness (QED) is 0.656. The van der Waals surface area contributed by atoms with Crippen LogP contribution < -0.4 is 0 Å². The van der Waals surface area contributed by atoms with Crippen LogP contribution in [0.25, 0.3) is 11.1 Å². The highest BCUT2D eigenvalue weighted by molar-refractivity contribution is 6.51. The van der Waals surface area contributed by atoms with Crippen LogP contribution in [0.3, 0.4) is 0 Å². The Hall–Kier alpha value is -1.53. The van der Waals surface area contributed by atoms with Gasteiger partial charge in [-0.3, -0.25) is 0 Å². The Labute approximate surface area is 94.8 Å². The van der Waals surface area contributed by atoms with E-state index in [9.17, 15) is 0 Å². The van der Waals surface area contributed by atoms with Crippen molar-refractivity contribution in [3.63, 3.8) is 0 Å². The summed E-state index contributed by atoms with van der Waals surface area (Å²) in [7, 11) is 0. The van der Waals surface area contributed by atoms with Crippen molar-refractivity contribution in [1.82, 2.24) is 0 Å². The average molecular weight is 214 g/mol. The summed E-state index contributed by atoms with van der Waals surface area (Å²) in [4.78, 5) is 0. The number of benzene rings is 2. The third kappa shape index (κ3) is 2.71.